The lowest BCUT2D eigenvalue weighted by molar-refractivity contribution is 0.0199. The molecule has 0 heterocycles. The van der Waals surface area contributed by atoms with Crippen molar-refractivity contribution in [2.24, 2.45) is 0 Å². The first-order chi connectivity index (χ1) is 15.0. The highest BCUT2D eigenvalue weighted by atomic mass is 16.6. The monoisotopic (exact) mass is 443 g/mol. The number of carbonyl (C=O) groups excluding carboxylic acids is 2. The Morgan fingerprint density at radius 1 is 1.00 bits per heavy atom. The summed E-state index contributed by atoms with van der Waals surface area (Å²) in [5.41, 5.74) is 6.44. The van der Waals surface area contributed by atoms with Crippen LogP contribution in [0.4, 0.5) is 15.3 Å². The zero-order valence-electron chi connectivity index (χ0n) is 19.6. The summed E-state index contributed by atoms with van der Waals surface area (Å²) in [6.45, 7) is 5.73. The van der Waals surface area contributed by atoms with Crippen molar-refractivity contribution in [2.75, 3.05) is 33.5 Å². The number of amides is 2. The normalized spacial score (nSPS) is 11.9. The van der Waals surface area contributed by atoms with E-state index in [9.17, 15) is 9.59 Å². The van der Waals surface area contributed by atoms with Gasteiger partial charge in [0.25, 0.3) is 0 Å². The van der Waals surface area contributed by atoms with Crippen molar-refractivity contribution < 1.29 is 23.8 Å². The van der Waals surface area contributed by atoms with Gasteiger partial charge in [0, 0.05) is 44.9 Å². The molecule has 0 aliphatic rings. The first-order valence-corrected chi connectivity index (χ1v) is 10.4. The van der Waals surface area contributed by atoms with Crippen molar-refractivity contribution in [1.29, 1.82) is 0 Å². The van der Waals surface area contributed by atoms with Gasteiger partial charge in [-0.3, -0.25) is 0 Å². The highest BCUT2D eigenvalue weighted by molar-refractivity contribution is 5.71. The van der Waals surface area contributed by atoms with Crippen LogP contribution in [0.15, 0.2) is 48.5 Å². The predicted octanol–water partition coefficient (Wildman–Crippen LogP) is 4.71. The van der Waals surface area contributed by atoms with E-state index in [1.54, 1.807) is 45.4 Å². The zero-order chi connectivity index (χ0) is 23.9. The summed E-state index contributed by atoms with van der Waals surface area (Å²) in [4.78, 5) is 27.8. The summed E-state index contributed by atoms with van der Waals surface area (Å²) in [5.74, 6) is 1.01. The first-order valence-electron chi connectivity index (χ1n) is 10.4. The van der Waals surface area contributed by atoms with E-state index in [2.05, 4.69) is 0 Å². The van der Waals surface area contributed by atoms with E-state index >= 15 is 0 Å². The molecule has 174 valence electrons. The van der Waals surface area contributed by atoms with Crippen LogP contribution in [0.25, 0.3) is 0 Å². The molecule has 2 rings (SSSR count). The van der Waals surface area contributed by atoms with Crippen LogP contribution < -0.4 is 15.2 Å². The number of nitrogens with two attached hydrogens (primary N) is 1. The van der Waals surface area contributed by atoms with Crippen molar-refractivity contribution in [2.45, 2.75) is 38.8 Å². The number of anilines is 1. The number of para-hydroxylation sites is 1. The molecule has 1 atom stereocenters. The van der Waals surface area contributed by atoms with Crippen LogP contribution >= 0.6 is 0 Å². The van der Waals surface area contributed by atoms with Gasteiger partial charge in [-0.25, -0.2) is 9.59 Å². The second kappa shape index (κ2) is 10.7. The Hall–Kier alpha value is -3.42. The molecule has 2 amide bonds. The van der Waals surface area contributed by atoms with E-state index in [-0.39, 0.29) is 0 Å². The average molecular weight is 444 g/mol. The Morgan fingerprint density at radius 3 is 2.31 bits per heavy atom. The standard InChI is InChI=1S/C24H33N3O5/c1-24(2,3)32-23(29)27(6)20(14-15-30-18-11-9-10-17(25)16-18)19-12-7-8-13-21(19)31-22(28)26(4)5/h7-13,16,20H,14-15,25H2,1-6H3. The van der Waals surface area contributed by atoms with Crippen LogP contribution in [-0.2, 0) is 4.74 Å². The van der Waals surface area contributed by atoms with E-state index < -0.39 is 23.8 Å². The smallest absolute Gasteiger partial charge is 0.414 e. The van der Waals surface area contributed by atoms with Crippen LogP contribution in [0.2, 0.25) is 0 Å². The molecule has 32 heavy (non-hydrogen) atoms. The summed E-state index contributed by atoms with van der Waals surface area (Å²) in [5, 5.41) is 0. The highest BCUT2D eigenvalue weighted by Crippen LogP contribution is 2.33. The molecule has 0 bridgehead atoms. The van der Waals surface area contributed by atoms with Gasteiger partial charge in [0.2, 0.25) is 0 Å². The van der Waals surface area contributed by atoms with Crippen LogP contribution in [0, 0.1) is 0 Å². The molecule has 0 saturated heterocycles. The Balaban J connectivity index is 2.29. The molecule has 0 fully saturated rings. The molecule has 0 aliphatic heterocycles. The van der Waals surface area contributed by atoms with Crippen molar-refractivity contribution >= 4 is 17.9 Å². The van der Waals surface area contributed by atoms with E-state index in [1.807, 2.05) is 45.0 Å². The predicted molar refractivity (Wildman–Crippen MR) is 124 cm³/mol. The maximum absolute atomic E-state index is 12.8. The largest absolute Gasteiger partial charge is 0.493 e. The molecule has 0 saturated carbocycles. The lowest BCUT2D eigenvalue weighted by Gasteiger charge is -2.32. The van der Waals surface area contributed by atoms with Crippen molar-refractivity contribution in [1.82, 2.24) is 9.80 Å². The van der Waals surface area contributed by atoms with Gasteiger partial charge in [-0.1, -0.05) is 24.3 Å². The van der Waals surface area contributed by atoms with Gasteiger partial charge >= 0.3 is 12.2 Å². The summed E-state index contributed by atoms with van der Waals surface area (Å²) in [6, 6.07) is 13.8. The number of hydrogen-bond acceptors (Lipinski definition) is 6. The molecule has 0 radical (unpaired) electrons. The van der Waals surface area contributed by atoms with Crippen LogP contribution in [0.3, 0.4) is 0 Å². The molecule has 8 nitrogen and oxygen atoms in total. The number of hydrogen-bond donors (Lipinski definition) is 1. The molecule has 0 aromatic heterocycles. The topological polar surface area (TPSA) is 94.3 Å². The van der Waals surface area contributed by atoms with Gasteiger partial charge in [-0.15, -0.1) is 0 Å². The van der Waals surface area contributed by atoms with E-state index in [0.717, 1.165) is 0 Å². The number of nitrogen functional groups attached to an aromatic ring is 1. The fourth-order valence-corrected chi connectivity index (χ4v) is 2.95. The van der Waals surface area contributed by atoms with Gasteiger partial charge in [-0.05, 0) is 39.0 Å². The average Bonchev–Trinajstić information content (AvgIpc) is 2.70. The van der Waals surface area contributed by atoms with Crippen molar-refractivity contribution in [3.63, 3.8) is 0 Å². The van der Waals surface area contributed by atoms with Crippen LogP contribution in [-0.4, -0.2) is 55.3 Å². The second-order valence-electron chi connectivity index (χ2n) is 8.62. The maximum atomic E-state index is 12.8. The number of nitrogens with zero attached hydrogens (tertiary/aromatic N) is 2. The quantitative estimate of drug-likeness (QED) is 0.623. The number of rotatable bonds is 7. The van der Waals surface area contributed by atoms with Gasteiger partial charge < -0.3 is 29.7 Å². The Morgan fingerprint density at radius 2 is 1.69 bits per heavy atom. The summed E-state index contributed by atoms with van der Waals surface area (Å²) in [6.07, 6.45) is -0.562. The molecule has 1 unspecified atom stereocenters. The fraction of sp³-hybridized carbons (Fsp3) is 0.417. The van der Waals surface area contributed by atoms with E-state index in [1.165, 1.54) is 9.80 Å². The molecular formula is C24H33N3O5. The van der Waals surface area contributed by atoms with Crippen molar-refractivity contribution in [3.8, 4) is 11.5 Å². The van der Waals surface area contributed by atoms with Crippen molar-refractivity contribution in [3.05, 3.63) is 54.1 Å². The molecule has 0 aliphatic carbocycles. The molecule has 0 spiro atoms. The number of carbonyl (C=O) groups is 2. The highest BCUT2D eigenvalue weighted by Gasteiger charge is 2.29. The first kappa shape index (κ1) is 24.8. The van der Waals surface area contributed by atoms with Gasteiger partial charge in [0.05, 0.1) is 12.6 Å². The van der Waals surface area contributed by atoms with E-state index in [0.29, 0.717) is 35.8 Å². The molecule has 2 N–H and O–H groups in total. The van der Waals surface area contributed by atoms with Gasteiger partial charge in [-0.2, -0.15) is 0 Å². The minimum Gasteiger partial charge on any atom is -0.493 e. The second-order valence-corrected chi connectivity index (χ2v) is 8.62. The Bertz CT molecular complexity index is 924. The third kappa shape index (κ3) is 7.37. The molecule has 8 heteroatoms. The third-order valence-corrected chi connectivity index (χ3v) is 4.51. The third-order valence-electron chi connectivity index (χ3n) is 4.51. The number of ether oxygens (including phenoxy) is 3. The molecule has 2 aromatic rings. The maximum Gasteiger partial charge on any atom is 0.414 e. The SMILES string of the molecule is CN(C)C(=O)Oc1ccccc1C(CCOc1cccc(N)c1)N(C)C(=O)OC(C)(C)C. The minimum absolute atomic E-state index is 0.303. The van der Waals surface area contributed by atoms with Crippen LogP contribution in [0.1, 0.15) is 38.8 Å². The van der Waals surface area contributed by atoms with Gasteiger partial charge in [0.1, 0.15) is 17.1 Å². The molecule has 2 aromatic carbocycles. The fourth-order valence-electron chi connectivity index (χ4n) is 2.95. The Labute approximate surface area is 189 Å². The summed E-state index contributed by atoms with van der Waals surface area (Å²) in [7, 11) is 4.87. The number of benzene rings is 2. The minimum atomic E-state index is -0.648. The summed E-state index contributed by atoms with van der Waals surface area (Å²) < 4.78 is 17.0. The summed E-state index contributed by atoms with van der Waals surface area (Å²) >= 11 is 0. The lowest BCUT2D eigenvalue weighted by Crippen LogP contribution is -2.37. The van der Waals surface area contributed by atoms with Crippen LogP contribution in [0.5, 0.6) is 11.5 Å². The van der Waals surface area contributed by atoms with E-state index in [4.69, 9.17) is 19.9 Å². The Kier molecular flexibility index (Phi) is 8.34. The van der Waals surface area contributed by atoms with Gasteiger partial charge in [0.15, 0.2) is 0 Å². The zero-order valence-corrected chi connectivity index (χ0v) is 19.6. The molecular weight excluding hydrogens is 410 g/mol. The lowest BCUT2D eigenvalue weighted by atomic mass is 10.0.